The molecule has 1 amide bonds. The minimum absolute atomic E-state index is 0.122. The molecule has 2 rings (SSSR count). The van der Waals surface area contributed by atoms with E-state index in [1.54, 1.807) is 12.1 Å². The number of amides is 1. The van der Waals surface area contributed by atoms with Gasteiger partial charge in [-0.25, -0.2) is 0 Å². The molecule has 0 atom stereocenters. The van der Waals surface area contributed by atoms with Crippen molar-refractivity contribution in [3.8, 4) is 6.07 Å². The largest absolute Gasteiger partial charge is 0.376 e. The van der Waals surface area contributed by atoms with Crippen molar-refractivity contribution in [1.82, 2.24) is 0 Å². The first-order valence-corrected chi connectivity index (χ1v) is 7.22. The molecule has 0 radical (unpaired) electrons. The summed E-state index contributed by atoms with van der Waals surface area (Å²) >= 11 is 3.38. The summed E-state index contributed by atoms with van der Waals surface area (Å²) in [5.74, 6) is -0.122. The summed E-state index contributed by atoms with van der Waals surface area (Å²) in [6.45, 7) is 0.191. The first-order chi connectivity index (χ1) is 10.2. The van der Waals surface area contributed by atoms with Crippen LogP contribution in [-0.2, 0) is 11.2 Å². The van der Waals surface area contributed by atoms with Crippen LogP contribution in [0.4, 0.5) is 11.4 Å². The highest BCUT2D eigenvalue weighted by atomic mass is 79.9. The van der Waals surface area contributed by atoms with Crippen LogP contribution in [0.25, 0.3) is 0 Å². The van der Waals surface area contributed by atoms with Gasteiger partial charge >= 0.3 is 0 Å². The van der Waals surface area contributed by atoms with E-state index in [1.165, 1.54) is 0 Å². The zero-order chi connectivity index (χ0) is 15.1. The molecule has 0 fully saturated rings. The van der Waals surface area contributed by atoms with Crippen molar-refractivity contribution in [2.75, 3.05) is 17.2 Å². The molecule has 0 aliphatic carbocycles. The monoisotopic (exact) mass is 343 g/mol. The maximum atomic E-state index is 11.8. The molecule has 4 nitrogen and oxygen atoms in total. The van der Waals surface area contributed by atoms with Gasteiger partial charge in [0.1, 0.15) is 0 Å². The van der Waals surface area contributed by atoms with E-state index in [-0.39, 0.29) is 12.5 Å². The molecule has 0 spiro atoms. The van der Waals surface area contributed by atoms with Crippen LogP contribution >= 0.6 is 15.9 Å². The molecular weight excluding hydrogens is 330 g/mol. The average molecular weight is 344 g/mol. The highest BCUT2D eigenvalue weighted by Gasteiger charge is 2.02. The second-order valence-electron chi connectivity index (χ2n) is 4.44. The molecule has 0 aliphatic heterocycles. The predicted molar refractivity (Wildman–Crippen MR) is 87.0 cm³/mol. The Kier molecular flexibility index (Phi) is 5.35. The van der Waals surface area contributed by atoms with E-state index in [4.69, 9.17) is 5.26 Å². The molecule has 0 unspecified atom stereocenters. The molecule has 0 heterocycles. The Hall–Kier alpha value is -2.32. The lowest BCUT2D eigenvalue weighted by molar-refractivity contribution is -0.114. The van der Waals surface area contributed by atoms with Crippen LogP contribution in [0.5, 0.6) is 0 Å². The lowest BCUT2D eigenvalue weighted by Crippen LogP contribution is -2.21. The molecular formula is C16H14BrN3O. The first kappa shape index (κ1) is 15.1. The summed E-state index contributed by atoms with van der Waals surface area (Å²) in [5, 5.41) is 14.5. The van der Waals surface area contributed by atoms with Gasteiger partial charge < -0.3 is 10.6 Å². The predicted octanol–water partition coefficient (Wildman–Crippen LogP) is 3.57. The Bertz CT molecular complexity index is 662. The number of nitriles is 1. The average Bonchev–Trinajstić information content (AvgIpc) is 2.48. The summed E-state index contributed by atoms with van der Waals surface area (Å²) in [7, 11) is 0. The number of carbonyl (C=O) groups is 1. The smallest absolute Gasteiger partial charge is 0.243 e. The number of halogens is 1. The van der Waals surface area contributed by atoms with E-state index in [0.717, 1.165) is 21.4 Å². The van der Waals surface area contributed by atoms with Crippen molar-refractivity contribution in [1.29, 1.82) is 5.26 Å². The number of hydrogen-bond donors (Lipinski definition) is 2. The summed E-state index contributed by atoms with van der Waals surface area (Å²) in [4.78, 5) is 11.8. The van der Waals surface area contributed by atoms with Crippen LogP contribution in [0.15, 0.2) is 53.0 Å². The molecule has 2 N–H and O–H groups in total. The third-order valence-corrected chi connectivity index (χ3v) is 3.29. The zero-order valence-electron chi connectivity index (χ0n) is 11.3. The van der Waals surface area contributed by atoms with Gasteiger partial charge in [-0.05, 0) is 35.9 Å². The lowest BCUT2D eigenvalue weighted by atomic mass is 10.1. The lowest BCUT2D eigenvalue weighted by Gasteiger charge is -2.08. The number of nitrogens with zero attached hydrogens (tertiary/aromatic N) is 1. The van der Waals surface area contributed by atoms with Gasteiger partial charge in [-0.1, -0.05) is 34.1 Å². The molecule has 0 saturated heterocycles. The molecule has 2 aromatic carbocycles. The van der Waals surface area contributed by atoms with E-state index >= 15 is 0 Å². The Morgan fingerprint density at radius 2 is 1.90 bits per heavy atom. The third kappa shape index (κ3) is 4.93. The van der Waals surface area contributed by atoms with Gasteiger partial charge in [-0.15, -0.1) is 0 Å². The Morgan fingerprint density at radius 3 is 2.57 bits per heavy atom. The third-order valence-electron chi connectivity index (χ3n) is 2.80. The second-order valence-corrected chi connectivity index (χ2v) is 5.36. The quantitative estimate of drug-likeness (QED) is 0.872. The van der Waals surface area contributed by atoms with E-state index < -0.39 is 0 Å². The molecule has 0 saturated carbocycles. The normalized spacial score (nSPS) is 9.71. The standard InChI is InChI=1S/C16H14BrN3O/c17-13-2-1-3-15(10-13)19-11-16(21)20-14-6-4-12(5-7-14)8-9-18/h1-7,10,19H,8,11H2,(H,20,21). The van der Waals surface area contributed by atoms with Gasteiger partial charge in [0, 0.05) is 15.8 Å². The van der Waals surface area contributed by atoms with Gasteiger partial charge in [0.2, 0.25) is 5.91 Å². The number of carbonyl (C=O) groups excluding carboxylic acids is 1. The van der Waals surface area contributed by atoms with Crippen molar-refractivity contribution < 1.29 is 4.79 Å². The second kappa shape index (κ2) is 7.46. The Labute approximate surface area is 131 Å². The summed E-state index contributed by atoms with van der Waals surface area (Å²) < 4.78 is 0.959. The van der Waals surface area contributed by atoms with Gasteiger partial charge in [0.15, 0.2) is 0 Å². The molecule has 21 heavy (non-hydrogen) atoms. The van der Waals surface area contributed by atoms with E-state index in [9.17, 15) is 4.79 Å². The molecule has 5 heteroatoms. The Morgan fingerprint density at radius 1 is 1.14 bits per heavy atom. The van der Waals surface area contributed by atoms with Crippen molar-refractivity contribution in [3.63, 3.8) is 0 Å². The van der Waals surface area contributed by atoms with Crippen molar-refractivity contribution in [2.24, 2.45) is 0 Å². The van der Waals surface area contributed by atoms with Crippen LogP contribution in [0.3, 0.4) is 0 Å². The number of hydrogen-bond acceptors (Lipinski definition) is 3. The summed E-state index contributed by atoms with van der Waals surface area (Å²) in [6.07, 6.45) is 0.374. The topological polar surface area (TPSA) is 64.9 Å². The number of nitrogens with one attached hydrogen (secondary N) is 2. The fraction of sp³-hybridized carbons (Fsp3) is 0.125. The van der Waals surface area contributed by atoms with Gasteiger partial charge in [0.05, 0.1) is 19.0 Å². The van der Waals surface area contributed by atoms with Crippen molar-refractivity contribution >= 4 is 33.2 Å². The maximum Gasteiger partial charge on any atom is 0.243 e. The SMILES string of the molecule is N#CCc1ccc(NC(=O)CNc2cccc(Br)c2)cc1. The van der Waals surface area contributed by atoms with Gasteiger partial charge in [-0.2, -0.15) is 5.26 Å². The van der Waals surface area contributed by atoms with Gasteiger partial charge in [-0.3, -0.25) is 4.79 Å². The first-order valence-electron chi connectivity index (χ1n) is 6.42. The maximum absolute atomic E-state index is 11.8. The van der Waals surface area contributed by atoms with Crippen LogP contribution in [-0.4, -0.2) is 12.5 Å². The Balaban J connectivity index is 1.85. The molecule has 0 bridgehead atoms. The molecule has 106 valence electrons. The number of rotatable bonds is 5. The van der Waals surface area contributed by atoms with E-state index in [2.05, 4.69) is 32.6 Å². The van der Waals surface area contributed by atoms with Crippen molar-refractivity contribution in [2.45, 2.75) is 6.42 Å². The number of anilines is 2. The van der Waals surface area contributed by atoms with Crippen LogP contribution < -0.4 is 10.6 Å². The highest BCUT2D eigenvalue weighted by Crippen LogP contribution is 2.15. The molecule has 0 aliphatic rings. The van der Waals surface area contributed by atoms with E-state index in [0.29, 0.717) is 6.42 Å². The van der Waals surface area contributed by atoms with E-state index in [1.807, 2.05) is 36.4 Å². The molecule has 2 aromatic rings. The van der Waals surface area contributed by atoms with Gasteiger partial charge in [0.25, 0.3) is 0 Å². The van der Waals surface area contributed by atoms with Crippen LogP contribution in [0.2, 0.25) is 0 Å². The molecule has 0 aromatic heterocycles. The van der Waals surface area contributed by atoms with Crippen LogP contribution in [0.1, 0.15) is 5.56 Å². The fourth-order valence-corrected chi connectivity index (χ4v) is 2.18. The summed E-state index contributed by atoms with van der Waals surface area (Å²) in [5.41, 5.74) is 2.53. The summed E-state index contributed by atoms with van der Waals surface area (Å²) in [6, 6.07) is 17.0. The minimum Gasteiger partial charge on any atom is -0.376 e. The minimum atomic E-state index is -0.122. The van der Waals surface area contributed by atoms with Crippen molar-refractivity contribution in [3.05, 3.63) is 58.6 Å². The number of benzene rings is 2. The van der Waals surface area contributed by atoms with Crippen LogP contribution in [0, 0.1) is 11.3 Å². The highest BCUT2D eigenvalue weighted by molar-refractivity contribution is 9.10. The zero-order valence-corrected chi connectivity index (χ0v) is 12.9. The fourth-order valence-electron chi connectivity index (χ4n) is 1.78.